The first-order chi connectivity index (χ1) is 10.3. The number of sulfone groups is 1. The Hall–Kier alpha value is -1.89. The molecule has 0 spiro atoms. The summed E-state index contributed by atoms with van der Waals surface area (Å²) in [7, 11) is -3.59. The third-order valence-corrected chi connectivity index (χ3v) is 5.56. The monoisotopic (exact) mass is 327 g/mol. The van der Waals surface area contributed by atoms with Crippen molar-refractivity contribution in [3.8, 4) is 0 Å². The highest BCUT2D eigenvalue weighted by Crippen LogP contribution is 2.31. The van der Waals surface area contributed by atoms with Crippen LogP contribution in [0.4, 0.5) is 4.39 Å². The largest absolute Gasteiger partial charge is 0.480 e. The first-order valence-corrected chi connectivity index (χ1v) is 8.66. The molecule has 0 aliphatic rings. The lowest BCUT2D eigenvalue weighted by molar-refractivity contribution is -0.137. The van der Waals surface area contributed by atoms with Gasteiger partial charge in [0.2, 0.25) is 0 Å². The predicted octanol–water partition coefficient (Wildman–Crippen LogP) is 2.75. The Labute approximate surface area is 128 Å². The molecule has 0 unspecified atom stereocenters. The molecule has 120 valence electrons. The van der Waals surface area contributed by atoms with Gasteiger partial charge in [-0.15, -0.1) is 0 Å². The van der Waals surface area contributed by atoms with Crippen molar-refractivity contribution in [2.24, 2.45) is 0 Å². The number of halogens is 1. The molecular formula is C15H18FNO4S. The van der Waals surface area contributed by atoms with Gasteiger partial charge in [0.25, 0.3) is 0 Å². The fourth-order valence-electron chi connectivity index (χ4n) is 2.59. The maximum atomic E-state index is 13.5. The quantitative estimate of drug-likeness (QED) is 0.885. The number of fused-ring (bicyclic) bond motifs is 1. The Morgan fingerprint density at radius 3 is 2.64 bits per heavy atom. The van der Waals surface area contributed by atoms with Gasteiger partial charge < -0.3 is 9.67 Å². The average Bonchev–Trinajstić information content (AvgIpc) is 2.68. The van der Waals surface area contributed by atoms with Gasteiger partial charge in [-0.1, -0.05) is 13.3 Å². The van der Waals surface area contributed by atoms with Crippen LogP contribution in [-0.2, 0) is 21.2 Å². The number of hydrogen-bond acceptors (Lipinski definition) is 3. The van der Waals surface area contributed by atoms with Crippen LogP contribution in [0.5, 0.6) is 0 Å². The summed E-state index contributed by atoms with van der Waals surface area (Å²) in [5.41, 5.74) is 0.746. The van der Waals surface area contributed by atoms with E-state index in [1.807, 2.05) is 6.92 Å². The van der Waals surface area contributed by atoms with Gasteiger partial charge in [-0.3, -0.25) is 4.79 Å². The second-order valence-electron chi connectivity index (χ2n) is 5.23. The number of carboxylic acids is 1. The van der Waals surface area contributed by atoms with Crippen molar-refractivity contribution in [3.05, 3.63) is 29.7 Å². The van der Waals surface area contributed by atoms with Gasteiger partial charge in [0.1, 0.15) is 12.4 Å². The van der Waals surface area contributed by atoms with E-state index in [1.54, 1.807) is 6.92 Å². The molecule has 1 heterocycles. The number of rotatable bonds is 6. The smallest absolute Gasteiger partial charge is 0.323 e. The molecule has 0 saturated heterocycles. The fourth-order valence-corrected chi connectivity index (χ4v) is 4.52. The first kappa shape index (κ1) is 16.5. The average molecular weight is 327 g/mol. The minimum atomic E-state index is -3.59. The van der Waals surface area contributed by atoms with Crippen LogP contribution in [0, 0.1) is 12.7 Å². The topological polar surface area (TPSA) is 76.4 Å². The Bertz CT molecular complexity index is 824. The number of carbonyl (C=O) groups is 1. The normalized spacial score (nSPS) is 12.0. The summed E-state index contributed by atoms with van der Waals surface area (Å²) in [5.74, 6) is -1.67. The zero-order chi connectivity index (χ0) is 16.5. The summed E-state index contributed by atoms with van der Waals surface area (Å²) in [6.07, 6.45) is 1.23. The molecule has 2 aromatic rings. The van der Waals surface area contributed by atoms with Crippen LogP contribution in [0.15, 0.2) is 23.1 Å². The van der Waals surface area contributed by atoms with E-state index < -0.39 is 21.6 Å². The van der Waals surface area contributed by atoms with Crippen molar-refractivity contribution in [1.29, 1.82) is 0 Å². The number of nitrogens with zero attached hydrogens (tertiary/aromatic N) is 1. The van der Waals surface area contributed by atoms with Crippen molar-refractivity contribution in [2.75, 3.05) is 5.75 Å². The SMILES string of the molecule is CCCCS(=O)(=O)c1c(C)n(CC(=O)O)c2ccc(F)cc12. The van der Waals surface area contributed by atoms with Crippen LogP contribution < -0.4 is 0 Å². The molecule has 0 aliphatic carbocycles. The van der Waals surface area contributed by atoms with Gasteiger partial charge in [0.15, 0.2) is 9.84 Å². The van der Waals surface area contributed by atoms with E-state index in [-0.39, 0.29) is 22.6 Å². The Kier molecular flexibility index (Phi) is 4.55. The first-order valence-electron chi connectivity index (χ1n) is 7.00. The van der Waals surface area contributed by atoms with Gasteiger partial charge >= 0.3 is 5.97 Å². The highest BCUT2D eigenvalue weighted by atomic mass is 32.2. The van der Waals surface area contributed by atoms with E-state index in [0.717, 1.165) is 12.5 Å². The summed E-state index contributed by atoms with van der Waals surface area (Å²) in [5, 5.41) is 9.26. The molecule has 0 amide bonds. The molecule has 0 fully saturated rings. The molecule has 0 bridgehead atoms. The van der Waals surface area contributed by atoms with Crippen LogP contribution in [0.1, 0.15) is 25.5 Å². The van der Waals surface area contributed by atoms with Crippen LogP contribution in [0.25, 0.3) is 10.9 Å². The molecule has 0 atom stereocenters. The molecule has 1 N–H and O–H groups in total. The Morgan fingerprint density at radius 2 is 2.05 bits per heavy atom. The van der Waals surface area contributed by atoms with Crippen molar-refractivity contribution in [2.45, 2.75) is 38.1 Å². The Morgan fingerprint density at radius 1 is 1.36 bits per heavy atom. The molecule has 2 rings (SSSR count). The molecule has 0 radical (unpaired) electrons. The zero-order valence-electron chi connectivity index (χ0n) is 12.5. The number of aromatic nitrogens is 1. The maximum Gasteiger partial charge on any atom is 0.323 e. The number of carboxylic acid groups (broad SMARTS) is 1. The summed E-state index contributed by atoms with van der Waals surface area (Å²) in [4.78, 5) is 11.1. The van der Waals surface area contributed by atoms with Crippen LogP contribution >= 0.6 is 0 Å². The number of benzene rings is 1. The maximum absolute atomic E-state index is 13.5. The molecule has 0 saturated carbocycles. The minimum absolute atomic E-state index is 0.0347. The van der Waals surface area contributed by atoms with E-state index in [1.165, 1.54) is 16.7 Å². The fraction of sp³-hybridized carbons (Fsp3) is 0.400. The molecule has 0 aliphatic heterocycles. The van der Waals surface area contributed by atoms with E-state index in [9.17, 15) is 17.6 Å². The second-order valence-corrected chi connectivity index (χ2v) is 7.27. The second kappa shape index (κ2) is 6.08. The van der Waals surface area contributed by atoms with Crippen molar-refractivity contribution in [3.63, 3.8) is 0 Å². The van der Waals surface area contributed by atoms with Gasteiger partial charge in [0.05, 0.1) is 16.2 Å². The van der Waals surface area contributed by atoms with Crippen molar-refractivity contribution in [1.82, 2.24) is 4.57 Å². The van der Waals surface area contributed by atoms with Crippen LogP contribution in [-0.4, -0.2) is 29.8 Å². The highest BCUT2D eigenvalue weighted by Gasteiger charge is 2.25. The number of unbranched alkanes of at least 4 members (excludes halogenated alkanes) is 1. The third kappa shape index (κ3) is 2.99. The molecular weight excluding hydrogens is 309 g/mol. The van der Waals surface area contributed by atoms with E-state index >= 15 is 0 Å². The summed E-state index contributed by atoms with van der Waals surface area (Å²) in [6, 6.07) is 3.77. The molecule has 22 heavy (non-hydrogen) atoms. The summed E-state index contributed by atoms with van der Waals surface area (Å²) < 4.78 is 40.0. The van der Waals surface area contributed by atoms with Gasteiger partial charge in [-0.25, -0.2) is 12.8 Å². The predicted molar refractivity (Wildman–Crippen MR) is 81.2 cm³/mol. The van der Waals surface area contributed by atoms with Crippen molar-refractivity contribution < 1.29 is 22.7 Å². The van der Waals surface area contributed by atoms with Gasteiger partial charge in [-0.05, 0) is 31.5 Å². The lowest BCUT2D eigenvalue weighted by atomic mass is 10.2. The third-order valence-electron chi connectivity index (χ3n) is 3.60. The van der Waals surface area contributed by atoms with Crippen LogP contribution in [0.2, 0.25) is 0 Å². The summed E-state index contributed by atoms with van der Waals surface area (Å²) >= 11 is 0. The van der Waals surface area contributed by atoms with Crippen LogP contribution in [0.3, 0.4) is 0 Å². The van der Waals surface area contributed by atoms with Gasteiger partial charge in [0, 0.05) is 11.1 Å². The van der Waals surface area contributed by atoms with E-state index in [4.69, 9.17) is 5.11 Å². The number of hydrogen-bond donors (Lipinski definition) is 1. The standard InChI is InChI=1S/C15H18FNO4S/c1-3-4-7-22(20,21)15-10(2)17(9-14(18)19)13-6-5-11(16)8-12(13)15/h5-6,8H,3-4,7,9H2,1-2H3,(H,18,19). The Balaban J connectivity index is 2.75. The molecule has 1 aromatic heterocycles. The van der Waals surface area contributed by atoms with Gasteiger partial charge in [-0.2, -0.15) is 0 Å². The summed E-state index contributed by atoms with van der Waals surface area (Å²) in [6.45, 7) is 3.08. The molecule has 1 aromatic carbocycles. The lowest BCUT2D eigenvalue weighted by Crippen LogP contribution is -2.12. The zero-order valence-corrected chi connectivity index (χ0v) is 13.3. The lowest BCUT2D eigenvalue weighted by Gasteiger charge is -2.06. The minimum Gasteiger partial charge on any atom is -0.480 e. The molecule has 7 heteroatoms. The molecule has 5 nitrogen and oxygen atoms in total. The highest BCUT2D eigenvalue weighted by molar-refractivity contribution is 7.91. The van der Waals surface area contributed by atoms with Crippen molar-refractivity contribution >= 4 is 26.7 Å². The van der Waals surface area contributed by atoms with E-state index in [2.05, 4.69) is 0 Å². The number of aliphatic carboxylic acids is 1. The van der Waals surface area contributed by atoms with E-state index in [0.29, 0.717) is 17.6 Å².